The van der Waals surface area contributed by atoms with Crippen LogP contribution in [0.25, 0.3) is 0 Å². The van der Waals surface area contributed by atoms with Gasteiger partial charge in [-0.3, -0.25) is 0 Å². The van der Waals surface area contributed by atoms with Gasteiger partial charge in [-0.05, 0) is 0 Å². The Labute approximate surface area is 100 Å². The van der Waals surface area contributed by atoms with Crippen molar-refractivity contribution in [2.24, 2.45) is 17.8 Å². The van der Waals surface area contributed by atoms with Crippen molar-refractivity contribution >= 4 is 23.1 Å². The van der Waals surface area contributed by atoms with E-state index in [2.05, 4.69) is 41.5 Å². The summed E-state index contributed by atoms with van der Waals surface area (Å²) in [6.07, 6.45) is 0. The third-order valence-electron chi connectivity index (χ3n) is 2.00. The first kappa shape index (κ1) is 18.8. The molecule has 0 aliphatic rings. The summed E-state index contributed by atoms with van der Waals surface area (Å²) in [4.78, 5) is 0. The first-order valence-electron chi connectivity index (χ1n) is 4.33. The third-order valence-corrected chi connectivity index (χ3v) is 2.00. The average Bonchev–Trinajstić information content (AvgIpc) is 1.59. The summed E-state index contributed by atoms with van der Waals surface area (Å²) >= 11 is 0. The van der Waals surface area contributed by atoms with Crippen LogP contribution in [0.1, 0.15) is 41.5 Å². The van der Waals surface area contributed by atoms with E-state index >= 15 is 0 Å². The van der Waals surface area contributed by atoms with Crippen LogP contribution in [0.3, 0.4) is 0 Å². The maximum atomic E-state index is 2.29. The summed E-state index contributed by atoms with van der Waals surface area (Å²) in [6, 6.07) is 0. The molecule has 0 rings (SSSR count). The molecule has 0 heterocycles. The molecule has 2 heteroatoms. The minimum absolute atomic E-state index is 0. The summed E-state index contributed by atoms with van der Waals surface area (Å²) in [7, 11) is 0. The van der Waals surface area contributed by atoms with E-state index in [1.54, 1.807) is 5.92 Å². The zero-order valence-corrected chi connectivity index (χ0v) is 11.5. The molecule has 0 aromatic carbocycles. The molecule has 0 fully saturated rings. The van der Waals surface area contributed by atoms with E-state index in [4.69, 9.17) is 0 Å². The first-order valence-corrected chi connectivity index (χ1v) is 4.33. The summed E-state index contributed by atoms with van der Waals surface area (Å²) < 4.78 is 0. The first-order chi connectivity index (χ1) is 4.46. The van der Waals surface area contributed by atoms with Gasteiger partial charge >= 0.3 is 23.1 Å². The number of rotatable bonds is 3. The maximum Gasteiger partial charge on any atom is 2.00 e. The molecule has 0 spiro atoms. The van der Waals surface area contributed by atoms with E-state index in [0.29, 0.717) is 0 Å². The Bertz CT molecular complexity index is 70.8. The largest absolute Gasteiger partial charge is 2.00 e. The predicted octanol–water partition coefficient (Wildman–Crippen LogP) is 0.152. The van der Waals surface area contributed by atoms with Crippen molar-refractivity contribution in [3.05, 3.63) is 5.92 Å². The molecular formula is C10H21ClMg. The fraction of sp³-hybridized carbons (Fsp3) is 0.900. The fourth-order valence-corrected chi connectivity index (χ4v) is 2.00. The average molecular weight is 201 g/mol. The van der Waals surface area contributed by atoms with Gasteiger partial charge in [0.2, 0.25) is 0 Å². The summed E-state index contributed by atoms with van der Waals surface area (Å²) in [5.41, 5.74) is 0. The molecule has 70 valence electrons. The molecule has 0 bridgehead atoms. The van der Waals surface area contributed by atoms with Gasteiger partial charge < -0.3 is 18.3 Å². The van der Waals surface area contributed by atoms with Gasteiger partial charge in [0.15, 0.2) is 0 Å². The van der Waals surface area contributed by atoms with Crippen molar-refractivity contribution in [1.29, 1.82) is 0 Å². The smallest absolute Gasteiger partial charge is 1.00 e. The second kappa shape index (κ2) is 8.65. The van der Waals surface area contributed by atoms with Crippen LogP contribution in [-0.4, -0.2) is 23.1 Å². The Balaban J connectivity index is -0.000000405. The molecule has 0 saturated heterocycles. The van der Waals surface area contributed by atoms with Gasteiger partial charge in [-0.1, -0.05) is 41.5 Å². The molecule has 12 heavy (non-hydrogen) atoms. The van der Waals surface area contributed by atoms with E-state index in [9.17, 15) is 0 Å². The molecule has 0 N–H and O–H groups in total. The van der Waals surface area contributed by atoms with Crippen molar-refractivity contribution in [2.45, 2.75) is 41.5 Å². The van der Waals surface area contributed by atoms with Gasteiger partial charge in [-0.15, -0.1) is 0 Å². The molecule has 0 atom stereocenters. The normalized spacial score (nSPS) is 10.5. The molecule has 0 aromatic rings. The molecule has 0 aliphatic heterocycles. The standard InChI is InChI=1S/C10H21.ClH.Mg/c1-7(2)10(8(3)4)9(5)6;;/h7-9H,1-6H3;1H;/q-1;;+2/p-1. The molecular weight excluding hydrogens is 180 g/mol. The molecule has 0 radical (unpaired) electrons. The summed E-state index contributed by atoms with van der Waals surface area (Å²) in [5.74, 6) is 3.94. The van der Waals surface area contributed by atoms with Gasteiger partial charge in [0.25, 0.3) is 0 Å². The molecule has 0 saturated carbocycles. The van der Waals surface area contributed by atoms with Gasteiger partial charge in [-0.25, -0.2) is 0 Å². The van der Waals surface area contributed by atoms with Crippen LogP contribution in [0.4, 0.5) is 0 Å². The quantitative estimate of drug-likeness (QED) is 0.450. The van der Waals surface area contributed by atoms with Crippen molar-refractivity contribution in [2.75, 3.05) is 0 Å². The second-order valence-electron chi connectivity index (χ2n) is 3.96. The van der Waals surface area contributed by atoms with Crippen molar-refractivity contribution < 1.29 is 12.4 Å². The molecule has 0 aliphatic carbocycles. The van der Waals surface area contributed by atoms with E-state index < -0.39 is 0 Å². The van der Waals surface area contributed by atoms with E-state index in [0.717, 1.165) is 17.8 Å². The van der Waals surface area contributed by atoms with Crippen LogP contribution in [0.15, 0.2) is 0 Å². The van der Waals surface area contributed by atoms with E-state index in [1.807, 2.05) is 0 Å². The fourth-order valence-electron chi connectivity index (χ4n) is 2.00. The van der Waals surface area contributed by atoms with Gasteiger partial charge in [0.1, 0.15) is 0 Å². The minimum atomic E-state index is 0. The zero-order chi connectivity index (χ0) is 8.31. The van der Waals surface area contributed by atoms with Crippen LogP contribution in [-0.2, 0) is 0 Å². The Morgan fingerprint density at radius 1 is 0.667 bits per heavy atom. The Hall–Kier alpha value is 1.06. The Morgan fingerprint density at radius 3 is 0.833 bits per heavy atom. The van der Waals surface area contributed by atoms with Crippen molar-refractivity contribution in [3.63, 3.8) is 0 Å². The predicted molar refractivity (Wildman–Crippen MR) is 53.5 cm³/mol. The van der Waals surface area contributed by atoms with Crippen LogP contribution >= 0.6 is 0 Å². The second-order valence-corrected chi connectivity index (χ2v) is 3.96. The van der Waals surface area contributed by atoms with Crippen molar-refractivity contribution in [1.82, 2.24) is 0 Å². The van der Waals surface area contributed by atoms with Gasteiger partial charge in [0.05, 0.1) is 0 Å². The maximum absolute atomic E-state index is 2.29. The van der Waals surface area contributed by atoms with E-state index in [1.165, 1.54) is 0 Å². The van der Waals surface area contributed by atoms with Gasteiger partial charge in [-0.2, -0.15) is 17.8 Å². The summed E-state index contributed by atoms with van der Waals surface area (Å²) in [6.45, 7) is 13.7. The minimum Gasteiger partial charge on any atom is -1.00 e. The van der Waals surface area contributed by atoms with Crippen molar-refractivity contribution in [3.8, 4) is 0 Å². The van der Waals surface area contributed by atoms with Crippen LogP contribution in [0, 0.1) is 23.7 Å². The monoisotopic (exact) mass is 200 g/mol. The molecule has 0 aromatic heterocycles. The topological polar surface area (TPSA) is 0 Å². The molecule has 0 nitrogen and oxygen atoms in total. The Kier molecular flexibility index (Phi) is 13.5. The van der Waals surface area contributed by atoms with Crippen LogP contribution in [0.5, 0.6) is 0 Å². The zero-order valence-electron chi connectivity index (χ0n) is 9.32. The SMILES string of the molecule is CC(C)[C-](C(C)C)C(C)C.[Cl-].[Mg+2]. The third kappa shape index (κ3) is 6.56. The van der Waals surface area contributed by atoms with Crippen LogP contribution in [0.2, 0.25) is 0 Å². The Morgan fingerprint density at radius 2 is 0.833 bits per heavy atom. The number of hydrogen-bond acceptors (Lipinski definition) is 0. The van der Waals surface area contributed by atoms with E-state index in [-0.39, 0.29) is 35.5 Å². The number of hydrogen-bond donors (Lipinski definition) is 0. The van der Waals surface area contributed by atoms with Crippen LogP contribution < -0.4 is 12.4 Å². The molecule has 0 amide bonds. The molecule has 0 unspecified atom stereocenters. The summed E-state index contributed by atoms with van der Waals surface area (Å²) in [5, 5.41) is 0. The number of halogens is 1. The van der Waals surface area contributed by atoms with Gasteiger partial charge in [0, 0.05) is 0 Å².